The van der Waals surface area contributed by atoms with Gasteiger partial charge in [-0.05, 0) is 91.7 Å². The molecule has 4 aliphatic rings. The number of benzene rings is 1. The highest BCUT2D eigenvalue weighted by atomic mass is 19.1. The van der Waals surface area contributed by atoms with E-state index in [0.717, 1.165) is 30.3 Å². The highest BCUT2D eigenvalue weighted by Crippen LogP contribution is 2.66. The molecule has 4 aliphatic carbocycles. The quantitative estimate of drug-likeness (QED) is 0.488. The molecular formula is C26H33FO. The monoisotopic (exact) mass is 380 g/mol. The summed E-state index contributed by atoms with van der Waals surface area (Å²) >= 11 is 0. The Morgan fingerprint density at radius 2 is 1.82 bits per heavy atom. The van der Waals surface area contributed by atoms with Gasteiger partial charge in [-0.1, -0.05) is 44.9 Å². The van der Waals surface area contributed by atoms with Crippen LogP contribution in [0.15, 0.2) is 29.8 Å². The van der Waals surface area contributed by atoms with Crippen LogP contribution < -0.4 is 0 Å². The largest absolute Gasteiger partial charge is 0.294 e. The van der Waals surface area contributed by atoms with Crippen LogP contribution in [0.25, 0.3) is 6.08 Å². The lowest BCUT2D eigenvalue weighted by Gasteiger charge is -2.59. The average molecular weight is 381 g/mol. The number of ketones is 1. The van der Waals surface area contributed by atoms with Gasteiger partial charge in [0, 0.05) is 11.0 Å². The Labute approximate surface area is 168 Å². The first-order valence-corrected chi connectivity index (χ1v) is 11.4. The fourth-order valence-corrected chi connectivity index (χ4v) is 7.87. The van der Waals surface area contributed by atoms with Crippen molar-refractivity contribution in [3.05, 3.63) is 41.2 Å². The van der Waals surface area contributed by atoms with Gasteiger partial charge in [0.25, 0.3) is 0 Å². The molecule has 4 saturated carbocycles. The first-order chi connectivity index (χ1) is 13.4. The van der Waals surface area contributed by atoms with Crippen molar-refractivity contribution in [3.63, 3.8) is 0 Å². The molecule has 150 valence electrons. The molecule has 0 spiro atoms. The van der Waals surface area contributed by atoms with Crippen LogP contribution in [0.4, 0.5) is 4.39 Å². The van der Waals surface area contributed by atoms with Gasteiger partial charge in [-0.15, -0.1) is 0 Å². The van der Waals surface area contributed by atoms with Crippen LogP contribution in [0, 0.1) is 40.3 Å². The summed E-state index contributed by atoms with van der Waals surface area (Å²) in [6.45, 7) is 4.79. The zero-order valence-corrected chi connectivity index (χ0v) is 17.3. The lowest BCUT2D eigenvalue weighted by molar-refractivity contribution is -0.137. The predicted molar refractivity (Wildman–Crippen MR) is 111 cm³/mol. The molecule has 1 nitrogen and oxygen atoms in total. The Hall–Kier alpha value is -1.44. The van der Waals surface area contributed by atoms with E-state index in [-0.39, 0.29) is 11.2 Å². The van der Waals surface area contributed by atoms with Crippen molar-refractivity contribution < 1.29 is 9.18 Å². The van der Waals surface area contributed by atoms with Gasteiger partial charge < -0.3 is 0 Å². The second-order valence-electron chi connectivity index (χ2n) is 10.6. The molecule has 5 rings (SSSR count). The van der Waals surface area contributed by atoms with Crippen molar-refractivity contribution in [1.82, 2.24) is 0 Å². The molecule has 4 fully saturated rings. The highest BCUT2D eigenvalue weighted by Gasteiger charge is 2.60. The predicted octanol–water partition coefficient (Wildman–Crippen LogP) is 6.82. The minimum atomic E-state index is -0.226. The van der Waals surface area contributed by atoms with Gasteiger partial charge >= 0.3 is 0 Å². The van der Waals surface area contributed by atoms with Crippen molar-refractivity contribution >= 4 is 11.9 Å². The minimum absolute atomic E-state index is 0.226. The van der Waals surface area contributed by atoms with Crippen molar-refractivity contribution in [2.75, 3.05) is 0 Å². The first-order valence-electron chi connectivity index (χ1n) is 11.4. The van der Waals surface area contributed by atoms with Gasteiger partial charge in [0.1, 0.15) is 5.82 Å². The molecule has 0 bridgehead atoms. The van der Waals surface area contributed by atoms with Crippen LogP contribution in [0.1, 0.15) is 77.2 Å². The summed E-state index contributed by atoms with van der Waals surface area (Å²) < 4.78 is 14.2. The van der Waals surface area contributed by atoms with E-state index in [1.54, 1.807) is 12.1 Å². The third-order valence-corrected chi connectivity index (χ3v) is 9.46. The molecule has 1 aromatic rings. The second kappa shape index (κ2) is 6.54. The van der Waals surface area contributed by atoms with Crippen LogP contribution in [-0.4, -0.2) is 5.78 Å². The topological polar surface area (TPSA) is 17.1 Å². The van der Waals surface area contributed by atoms with Crippen LogP contribution in [0.3, 0.4) is 0 Å². The van der Waals surface area contributed by atoms with E-state index in [1.165, 1.54) is 51.0 Å². The molecule has 0 radical (unpaired) electrons. The van der Waals surface area contributed by atoms with Gasteiger partial charge in [-0.25, -0.2) is 4.39 Å². The van der Waals surface area contributed by atoms with E-state index in [9.17, 15) is 9.18 Å². The number of carbonyl (C=O) groups excluding carboxylic acids is 1. The van der Waals surface area contributed by atoms with Crippen molar-refractivity contribution in [2.24, 2.45) is 34.5 Å². The fourth-order valence-electron chi connectivity index (χ4n) is 7.87. The third kappa shape index (κ3) is 2.59. The highest BCUT2D eigenvalue weighted by molar-refractivity contribution is 6.05. The summed E-state index contributed by atoms with van der Waals surface area (Å²) in [5.74, 6) is 2.89. The van der Waals surface area contributed by atoms with Gasteiger partial charge in [0.05, 0.1) is 0 Å². The second-order valence-corrected chi connectivity index (χ2v) is 10.6. The molecule has 0 aliphatic heterocycles. The fraction of sp³-hybridized carbons (Fsp3) is 0.654. The van der Waals surface area contributed by atoms with Crippen molar-refractivity contribution in [3.8, 4) is 0 Å². The zero-order valence-electron chi connectivity index (χ0n) is 17.3. The molecule has 0 heterocycles. The van der Waals surface area contributed by atoms with Gasteiger partial charge in [-0.2, -0.15) is 0 Å². The summed E-state index contributed by atoms with van der Waals surface area (Å²) in [5, 5.41) is 0. The van der Waals surface area contributed by atoms with Gasteiger partial charge in [0.2, 0.25) is 0 Å². The number of fused-ring (bicyclic) bond motifs is 5. The maximum Gasteiger partial charge on any atom is 0.165 e. The maximum absolute atomic E-state index is 14.2. The molecule has 28 heavy (non-hydrogen) atoms. The number of Topliss-reactive ketones (excluding diaryl/α,β-unsaturated/α-hetero) is 1. The number of carbonyl (C=O) groups is 1. The van der Waals surface area contributed by atoms with E-state index in [2.05, 4.69) is 13.8 Å². The molecule has 0 N–H and O–H groups in total. The zero-order chi connectivity index (χ0) is 19.5. The molecule has 0 amide bonds. The van der Waals surface area contributed by atoms with Crippen molar-refractivity contribution in [1.29, 1.82) is 0 Å². The Kier molecular flexibility index (Phi) is 4.34. The normalized spacial score (nSPS) is 44.1. The smallest absolute Gasteiger partial charge is 0.165 e. The first kappa shape index (κ1) is 18.6. The molecule has 6 atom stereocenters. The van der Waals surface area contributed by atoms with Crippen LogP contribution >= 0.6 is 0 Å². The van der Waals surface area contributed by atoms with Gasteiger partial charge in [0.15, 0.2) is 5.78 Å². The van der Waals surface area contributed by atoms with E-state index < -0.39 is 0 Å². The lowest BCUT2D eigenvalue weighted by Crippen LogP contribution is -2.52. The van der Waals surface area contributed by atoms with E-state index in [0.29, 0.717) is 28.6 Å². The van der Waals surface area contributed by atoms with E-state index in [4.69, 9.17) is 0 Å². The SMILES string of the molecule is C[C@]12CCCC[C@H]1CC[C@H]1[C@H]2CC[C@@]2(C)C(=O)/C(=C/c3ccccc3F)C[C@H]12. The van der Waals surface area contributed by atoms with E-state index >= 15 is 0 Å². The molecule has 0 unspecified atom stereocenters. The summed E-state index contributed by atoms with van der Waals surface area (Å²) in [4.78, 5) is 13.4. The Morgan fingerprint density at radius 3 is 2.64 bits per heavy atom. The Bertz CT molecular complexity index is 825. The number of halogens is 1. The number of rotatable bonds is 1. The lowest BCUT2D eigenvalue weighted by atomic mass is 9.45. The van der Waals surface area contributed by atoms with Crippen LogP contribution in [-0.2, 0) is 4.79 Å². The molecule has 2 heteroatoms. The molecule has 0 aromatic heterocycles. The number of hydrogen-bond donors (Lipinski definition) is 0. The molecule has 0 saturated heterocycles. The molecule has 1 aromatic carbocycles. The molecular weight excluding hydrogens is 347 g/mol. The maximum atomic E-state index is 14.2. The summed E-state index contributed by atoms with van der Waals surface area (Å²) in [7, 11) is 0. The van der Waals surface area contributed by atoms with E-state index in [1.807, 2.05) is 12.1 Å². The Balaban J connectivity index is 1.48. The summed E-state index contributed by atoms with van der Waals surface area (Å²) in [6, 6.07) is 6.84. The number of hydrogen-bond acceptors (Lipinski definition) is 1. The summed E-state index contributed by atoms with van der Waals surface area (Å²) in [6.07, 6.45) is 13.2. The standard InChI is InChI=1S/C26H33FO/c1-25-13-6-5-8-19(25)10-11-20-21(25)12-14-26(2)22(20)16-18(24(26)28)15-17-7-3-4-9-23(17)27/h3-4,7,9,15,19-22H,5-6,8,10-14,16H2,1-2H3/b18-15+/t19-,20-,21+,22+,25-,26+/m0/s1. The Morgan fingerprint density at radius 1 is 1.00 bits per heavy atom. The third-order valence-electron chi connectivity index (χ3n) is 9.46. The van der Waals surface area contributed by atoms with Crippen LogP contribution in [0.2, 0.25) is 0 Å². The minimum Gasteiger partial charge on any atom is -0.294 e. The van der Waals surface area contributed by atoms with Crippen LogP contribution in [0.5, 0.6) is 0 Å². The van der Waals surface area contributed by atoms with Crippen molar-refractivity contribution in [2.45, 2.75) is 71.6 Å². The summed E-state index contributed by atoms with van der Waals surface area (Å²) in [5.41, 5.74) is 1.70. The number of allylic oxidation sites excluding steroid dienone is 1. The average Bonchev–Trinajstić information content (AvgIpc) is 2.94. The van der Waals surface area contributed by atoms with Gasteiger partial charge in [-0.3, -0.25) is 4.79 Å².